The summed E-state index contributed by atoms with van der Waals surface area (Å²) < 4.78 is 31.9. The van der Waals surface area contributed by atoms with Crippen molar-refractivity contribution in [3.63, 3.8) is 0 Å². The van der Waals surface area contributed by atoms with Gasteiger partial charge in [-0.25, -0.2) is 8.78 Å². The number of ether oxygens (including phenoxy) is 1. The number of carbonyl (C=O) groups excluding carboxylic acids is 2. The van der Waals surface area contributed by atoms with Crippen molar-refractivity contribution in [1.82, 2.24) is 0 Å². The van der Waals surface area contributed by atoms with Crippen LogP contribution in [0, 0.1) is 17.0 Å². The lowest BCUT2D eigenvalue weighted by molar-refractivity contribution is -0.150. The Morgan fingerprint density at radius 3 is 2.55 bits per heavy atom. The number of benzene rings is 2. The zero-order chi connectivity index (χ0) is 21.1. The predicted molar refractivity (Wildman–Crippen MR) is 101 cm³/mol. The normalized spacial score (nSPS) is 17.7. The molecule has 8 nitrogen and oxygen atoms in total. The van der Waals surface area contributed by atoms with E-state index in [-0.39, 0.29) is 24.7 Å². The first-order valence-electron chi connectivity index (χ1n) is 8.59. The Bertz CT molecular complexity index is 952. The average molecular weight is 404 g/mol. The number of nitrogens with zero attached hydrogens (tertiary/aromatic N) is 1. The molecule has 1 saturated heterocycles. The molecule has 2 amide bonds. The van der Waals surface area contributed by atoms with Crippen molar-refractivity contribution in [3.8, 4) is 0 Å². The summed E-state index contributed by atoms with van der Waals surface area (Å²) in [6.07, 6.45) is -3.34. The zero-order valence-corrected chi connectivity index (χ0v) is 15.1. The highest BCUT2D eigenvalue weighted by Crippen LogP contribution is 2.23. The number of anilines is 2. The first kappa shape index (κ1) is 20.4. The number of nitrogens with two attached hydrogens (primary N) is 1. The lowest BCUT2D eigenvalue weighted by Gasteiger charge is -2.34. The fraction of sp³-hybridized carbons (Fsp3) is 0.211. The summed E-state index contributed by atoms with van der Waals surface area (Å²) in [6, 6.07) is 8.96. The molecule has 1 aliphatic heterocycles. The zero-order valence-electron chi connectivity index (χ0n) is 15.1. The van der Waals surface area contributed by atoms with E-state index in [1.165, 1.54) is 30.3 Å². The predicted octanol–water partition coefficient (Wildman–Crippen LogP) is 0.980. The number of hydrogen-bond acceptors (Lipinski definition) is 5. The molecule has 0 saturated carbocycles. The number of nitrogens with one attached hydrogen (secondary N) is 2. The quantitative estimate of drug-likeness (QED) is 0.436. The molecule has 2 atom stereocenters. The van der Waals surface area contributed by atoms with Crippen LogP contribution >= 0.6 is 0 Å². The minimum Gasteiger partial charge on any atom is -0.384 e. The molecule has 152 valence electrons. The molecule has 1 heterocycles. The van der Waals surface area contributed by atoms with Crippen LogP contribution in [0.2, 0.25) is 0 Å². The molecule has 0 aromatic heterocycles. The van der Waals surface area contributed by atoms with E-state index in [0.29, 0.717) is 11.3 Å². The van der Waals surface area contributed by atoms with Crippen molar-refractivity contribution in [2.24, 2.45) is 5.73 Å². The maximum atomic E-state index is 13.5. The molecule has 1 fully saturated rings. The molecule has 0 radical (unpaired) electrons. The Labute approximate surface area is 164 Å². The first-order chi connectivity index (χ1) is 13.8. The molecule has 29 heavy (non-hydrogen) atoms. The molecule has 0 bridgehead atoms. The van der Waals surface area contributed by atoms with Crippen molar-refractivity contribution in [1.29, 1.82) is 5.41 Å². The van der Waals surface area contributed by atoms with Crippen LogP contribution in [-0.4, -0.2) is 48.1 Å². The summed E-state index contributed by atoms with van der Waals surface area (Å²) in [6.45, 7) is 0.0499. The van der Waals surface area contributed by atoms with E-state index in [1.54, 1.807) is 0 Å². The third-order valence-electron chi connectivity index (χ3n) is 4.36. The summed E-state index contributed by atoms with van der Waals surface area (Å²) in [5.74, 6) is -3.95. The summed E-state index contributed by atoms with van der Waals surface area (Å²) in [5.41, 5.74) is 6.22. The Balaban J connectivity index is 1.71. The second-order valence-corrected chi connectivity index (χ2v) is 6.30. The van der Waals surface area contributed by atoms with Crippen LogP contribution in [0.4, 0.5) is 20.2 Å². The van der Waals surface area contributed by atoms with Crippen LogP contribution in [0.3, 0.4) is 0 Å². The molecule has 0 spiro atoms. The van der Waals surface area contributed by atoms with Crippen molar-refractivity contribution >= 4 is 29.0 Å². The fourth-order valence-electron chi connectivity index (χ4n) is 2.83. The third kappa shape index (κ3) is 4.39. The van der Waals surface area contributed by atoms with Gasteiger partial charge in [0.25, 0.3) is 11.8 Å². The van der Waals surface area contributed by atoms with Gasteiger partial charge in [-0.05, 0) is 36.4 Å². The highest BCUT2D eigenvalue weighted by atomic mass is 19.2. The number of halogens is 2. The van der Waals surface area contributed by atoms with Crippen LogP contribution in [0.5, 0.6) is 0 Å². The maximum absolute atomic E-state index is 13.5. The van der Waals surface area contributed by atoms with E-state index in [0.717, 1.165) is 17.0 Å². The SMILES string of the molecule is N=C(N)c1ccc(NC(=O)C(O)[C@H]2OCCN(c3ccc(F)c(F)c3)C2=O)cc1. The Morgan fingerprint density at radius 1 is 1.24 bits per heavy atom. The minimum absolute atomic E-state index is 0.00689. The second-order valence-electron chi connectivity index (χ2n) is 6.30. The maximum Gasteiger partial charge on any atom is 0.259 e. The Hall–Kier alpha value is -3.37. The van der Waals surface area contributed by atoms with Gasteiger partial charge in [-0.1, -0.05) is 0 Å². The summed E-state index contributed by atoms with van der Waals surface area (Å²) in [7, 11) is 0. The topological polar surface area (TPSA) is 129 Å². The molecule has 5 N–H and O–H groups in total. The van der Waals surface area contributed by atoms with Gasteiger partial charge in [-0.3, -0.25) is 15.0 Å². The Morgan fingerprint density at radius 2 is 1.93 bits per heavy atom. The summed E-state index contributed by atoms with van der Waals surface area (Å²) >= 11 is 0. The average Bonchev–Trinajstić information content (AvgIpc) is 2.70. The van der Waals surface area contributed by atoms with Gasteiger partial charge in [0, 0.05) is 29.5 Å². The van der Waals surface area contributed by atoms with Crippen LogP contribution in [0.15, 0.2) is 42.5 Å². The number of rotatable bonds is 5. The highest BCUT2D eigenvalue weighted by molar-refractivity contribution is 6.04. The van der Waals surface area contributed by atoms with E-state index in [9.17, 15) is 23.5 Å². The standard InChI is InChI=1S/C19H18F2N4O4/c20-13-6-5-12(9-14(13)21)25-7-8-29-16(19(25)28)15(26)18(27)24-11-3-1-10(2-4-11)17(22)23/h1-6,9,15-16,26H,7-8H2,(H3,22,23)(H,24,27)/t15?,16-/m1/s1. The largest absolute Gasteiger partial charge is 0.384 e. The smallest absolute Gasteiger partial charge is 0.259 e. The highest BCUT2D eigenvalue weighted by Gasteiger charge is 2.39. The van der Waals surface area contributed by atoms with Gasteiger partial charge in [0.2, 0.25) is 0 Å². The number of morpholine rings is 1. The van der Waals surface area contributed by atoms with Crippen molar-refractivity contribution in [2.75, 3.05) is 23.4 Å². The molecule has 1 aliphatic rings. The number of aliphatic hydroxyl groups excluding tert-OH is 1. The van der Waals surface area contributed by atoms with Crippen LogP contribution in [0.25, 0.3) is 0 Å². The minimum atomic E-state index is -1.83. The molecular formula is C19H18F2N4O4. The van der Waals surface area contributed by atoms with Crippen molar-refractivity contribution < 1.29 is 28.2 Å². The van der Waals surface area contributed by atoms with Gasteiger partial charge in [0.1, 0.15) is 5.84 Å². The van der Waals surface area contributed by atoms with E-state index >= 15 is 0 Å². The molecule has 2 aromatic carbocycles. The van der Waals surface area contributed by atoms with Gasteiger partial charge in [-0.15, -0.1) is 0 Å². The molecule has 10 heteroatoms. The lowest BCUT2D eigenvalue weighted by Crippen LogP contribution is -2.55. The van der Waals surface area contributed by atoms with E-state index in [1.807, 2.05) is 0 Å². The molecule has 0 aliphatic carbocycles. The number of nitrogen functional groups attached to an aromatic ring is 1. The van der Waals surface area contributed by atoms with Gasteiger partial charge < -0.3 is 25.8 Å². The number of amidine groups is 1. The number of carbonyl (C=O) groups is 2. The number of hydrogen-bond donors (Lipinski definition) is 4. The number of amides is 2. The fourth-order valence-corrected chi connectivity index (χ4v) is 2.83. The van der Waals surface area contributed by atoms with Crippen LogP contribution in [-0.2, 0) is 14.3 Å². The first-order valence-corrected chi connectivity index (χ1v) is 8.59. The molecule has 2 aromatic rings. The third-order valence-corrected chi connectivity index (χ3v) is 4.36. The van der Waals surface area contributed by atoms with E-state index in [4.69, 9.17) is 15.9 Å². The lowest BCUT2D eigenvalue weighted by atomic mass is 10.1. The second kappa shape index (κ2) is 8.33. The van der Waals surface area contributed by atoms with Gasteiger partial charge in [-0.2, -0.15) is 0 Å². The van der Waals surface area contributed by atoms with Gasteiger partial charge >= 0.3 is 0 Å². The van der Waals surface area contributed by atoms with Gasteiger partial charge in [0.05, 0.1) is 6.61 Å². The van der Waals surface area contributed by atoms with Crippen LogP contribution in [0.1, 0.15) is 5.56 Å². The summed E-state index contributed by atoms with van der Waals surface area (Å²) in [4.78, 5) is 26.1. The van der Waals surface area contributed by atoms with E-state index in [2.05, 4.69) is 5.32 Å². The van der Waals surface area contributed by atoms with Crippen molar-refractivity contribution in [3.05, 3.63) is 59.7 Å². The van der Waals surface area contributed by atoms with Crippen LogP contribution < -0.4 is 16.0 Å². The summed E-state index contributed by atoms with van der Waals surface area (Å²) in [5, 5.41) is 20.1. The van der Waals surface area contributed by atoms with Gasteiger partial charge in [0.15, 0.2) is 23.8 Å². The van der Waals surface area contributed by atoms with E-state index < -0.39 is 35.7 Å². The molecular weight excluding hydrogens is 386 g/mol. The van der Waals surface area contributed by atoms with Crippen molar-refractivity contribution in [2.45, 2.75) is 12.2 Å². The Kier molecular flexibility index (Phi) is 5.85. The molecule has 1 unspecified atom stereocenters. The monoisotopic (exact) mass is 404 g/mol. The molecule has 3 rings (SSSR count). The number of aliphatic hydroxyl groups is 1.